The van der Waals surface area contributed by atoms with Crippen LogP contribution < -0.4 is 5.32 Å². The first-order chi connectivity index (χ1) is 18.3. The predicted molar refractivity (Wildman–Crippen MR) is 140 cm³/mol. The molecule has 2 unspecified atom stereocenters. The van der Waals surface area contributed by atoms with E-state index in [0.717, 1.165) is 28.6 Å². The van der Waals surface area contributed by atoms with Crippen molar-refractivity contribution < 1.29 is 28.2 Å². The topological polar surface area (TPSA) is 101 Å². The Morgan fingerprint density at radius 1 is 1.03 bits per heavy atom. The van der Waals surface area contributed by atoms with E-state index >= 15 is 0 Å². The number of nitrogens with zero attached hydrogens (tertiary/aromatic N) is 1. The van der Waals surface area contributed by atoms with Crippen LogP contribution >= 0.6 is 11.6 Å². The van der Waals surface area contributed by atoms with Crippen LogP contribution in [0.2, 0.25) is 5.02 Å². The first kappa shape index (κ1) is 25.3. The molecule has 2 amide bonds. The van der Waals surface area contributed by atoms with E-state index < -0.39 is 35.9 Å². The molecule has 4 aromatic rings. The quantitative estimate of drug-likeness (QED) is 0.338. The number of halogens is 2. The van der Waals surface area contributed by atoms with Crippen molar-refractivity contribution in [2.45, 2.75) is 18.5 Å². The van der Waals surface area contributed by atoms with Crippen LogP contribution in [0, 0.1) is 5.82 Å². The Balaban J connectivity index is 1.67. The van der Waals surface area contributed by atoms with E-state index in [1.165, 1.54) is 25.2 Å². The van der Waals surface area contributed by atoms with Crippen molar-refractivity contribution >= 4 is 46.2 Å². The van der Waals surface area contributed by atoms with Gasteiger partial charge in [-0.15, -0.1) is 0 Å². The Labute approximate surface area is 222 Å². The monoisotopic (exact) mass is 535 g/mol. The van der Waals surface area contributed by atoms with Crippen LogP contribution in [-0.4, -0.2) is 48.1 Å². The van der Waals surface area contributed by atoms with Gasteiger partial charge in [0.25, 0.3) is 0 Å². The van der Waals surface area contributed by atoms with Gasteiger partial charge in [0.2, 0.25) is 0 Å². The number of urea groups is 1. The van der Waals surface area contributed by atoms with Gasteiger partial charge in [-0.05, 0) is 47.5 Å². The van der Waals surface area contributed by atoms with Crippen molar-refractivity contribution in [3.63, 3.8) is 0 Å². The summed E-state index contributed by atoms with van der Waals surface area (Å²) < 4.78 is 23.9. The predicted octanol–water partition coefficient (Wildman–Crippen LogP) is 5.47. The Morgan fingerprint density at radius 3 is 2.45 bits per heavy atom. The molecule has 2 N–H and O–H groups in total. The molecule has 0 fully saturated rings. The highest BCUT2D eigenvalue weighted by molar-refractivity contribution is 6.30. The Hall–Kier alpha value is -4.37. The fourth-order valence-electron chi connectivity index (χ4n) is 4.94. The van der Waals surface area contributed by atoms with Gasteiger partial charge in [0.1, 0.15) is 17.9 Å². The van der Waals surface area contributed by atoms with E-state index in [1.807, 2.05) is 24.3 Å². The molecule has 8 nitrogen and oxygen atoms in total. The number of methoxy groups -OCH3 is 2. The molecule has 0 spiro atoms. The van der Waals surface area contributed by atoms with Gasteiger partial charge >= 0.3 is 18.0 Å². The maximum absolute atomic E-state index is 14.0. The molecule has 1 aliphatic heterocycles. The van der Waals surface area contributed by atoms with Gasteiger partial charge < -0.3 is 19.8 Å². The third-order valence-corrected chi connectivity index (χ3v) is 6.82. The van der Waals surface area contributed by atoms with Gasteiger partial charge in [-0.1, -0.05) is 41.9 Å². The van der Waals surface area contributed by atoms with Crippen LogP contribution in [0.25, 0.3) is 10.9 Å². The first-order valence-corrected chi connectivity index (χ1v) is 12.1. The van der Waals surface area contributed by atoms with Gasteiger partial charge in [0, 0.05) is 33.7 Å². The maximum Gasteiger partial charge on any atom is 0.337 e. The zero-order valence-electron chi connectivity index (χ0n) is 20.5. The summed E-state index contributed by atoms with van der Waals surface area (Å²) in [5.74, 6) is -1.73. The summed E-state index contributed by atoms with van der Waals surface area (Å²) in [7, 11) is 2.55. The zero-order valence-corrected chi connectivity index (χ0v) is 21.2. The molecule has 0 bridgehead atoms. The number of amides is 2. The third kappa shape index (κ3) is 4.56. The second-order valence-electron chi connectivity index (χ2n) is 8.82. The molecule has 194 valence electrons. The SMILES string of the molecule is COC(=O)c1ccc(C2c3[nH]c4ccccc4c3CC(C(=O)OC)N2C(=O)Nc2cc(F)cc(Cl)c2)cc1. The number of fused-ring (bicyclic) bond motifs is 3. The Morgan fingerprint density at radius 2 is 1.76 bits per heavy atom. The van der Waals surface area contributed by atoms with Crippen LogP contribution in [0.15, 0.2) is 66.7 Å². The molecule has 1 aromatic heterocycles. The Bertz CT molecular complexity index is 1530. The standard InChI is InChI=1S/C28H23ClFN3O5/c1-37-26(34)16-9-7-15(8-10-16)25-24-21(20-5-3-4-6-22(20)32-24)14-23(27(35)38-2)33(25)28(36)31-19-12-17(29)11-18(30)13-19/h3-13,23,25,32H,14H2,1-2H3,(H,31,36). The smallest absolute Gasteiger partial charge is 0.337 e. The number of carbonyl (C=O) groups is 3. The zero-order chi connectivity index (χ0) is 27.0. The molecule has 10 heteroatoms. The minimum absolute atomic E-state index is 0.108. The van der Waals surface area contributed by atoms with E-state index in [4.69, 9.17) is 21.1 Å². The summed E-state index contributed by atoms with van der Waals surface area (Å²) in [4.78, 5) is 43.7. The highest BCUT2D eigenvalue weighted by atomic mass is 35.5. The lowest BCUT2D eigenvalue weighted by Gasteiger charge is -2.40. The lowest BCUT2D eigenvalue weighted by atomic mass is 9.88. The van der Waals surface area contributed by atoms with E-state index in [9.17, 15) is 18.8 Å². The van der Waals surface area contributed by atoms with Crippen molar-refractivity contribution in [2.75, 3.05) is 19.5 Å². The number of aromatic nitrogens is 1. The lowest BCUT2D eigenvalue weighted by molar-refractivity contribution is -0.146. The summed E-state index contributed by atoms with van der Waals surface area (Å²) in [6.45, 7) is 0. The number of nitrogens with one attached hydrogen (secondary N) is 2. The number of esters is 2. The number of para-hydroxylation sites is 1. The molecule has 2 heterocycles. The van der Waals surface area contributed by atoms with Gasteiger partial charge in [-0.25, -0.2) is 18.8 Å². The molecule has 0 saturated heterocycles. The van der Waals surface area contributed by atoms with Crippen LogP contribution in [-0.2, 0) is 20.7 Å². The van der Waals surface area contributed by atoms with Gasteiger partial charge in [-0.2, -0.15) is 0 Å². The molecule has 5 rings (SSSR count). The molecule has 0 saturated carbocycles. The Kier molecular flexibility index (Phi) is 6.77. The summed E-state index contributed by atoms with van der Waals surface area (Å²) in [5.41, 5.74) is 3.52. The second-order valence-corrected chi connectivity index (χ2v) is 9.25. The van der Waals surface area contributed by atoms with Crippen LogP contribution in [0.4, 0.5) is 14.9 Å². The molecule has 1 aliphatic rings. The second kappa shape index (κ2) is 10.2. The van der Waals surface area contributed by atoms with Gasteiger partial charge in [0.05, 0.1) is 19.8 Å². The van der Waals surface area contributed by atoms with Crippen LogP contribution in [0.1, 0.15) is 33.2 Å². The fraction of sp³-hybridized carbons (Fsp3) is 0.179. The number of ether oxygens (including phenoxy) is 2. The van der Waals surface area contributed by atoms with Crippen molar-refractivity contribution in [1.29, 1.82) is 0 Å². The average Bonchev–Trinajstić information content (AvgIpc) is 3.29. The van der Waals surface area contributed by atoms with Crippen molar-refractivity contribution in [2.24, 2.45) is 0 Å². The molecule has 0 aliphatic carbocycles. The minimum atomic E-state index is -0.999. The van der Waals surface area contributed by atoms with Gasteiger partial charge in [0.15, 0.2) is 0 Å². The van der Waals surface area contributed by atoms with E-state index in [2.05, 4.69) is 10.3 Å². The highest BCUT2D eigenvalue weighted by Gasteiger charge is 2.44. The largest absolute Gasteiger partial charge is 0.467 e. The maximum atomic E-state index is 14.0. The number of H-pyrrole nitrogens is 1. The highest BCUT2D eigenvalue weighted by Crippen LogP contribution is 2.41. The first-order valence-electron chi connectivity index (χ1n) is 11.7. The summed E-state index contributed by atoms with van der Waals surface area (Å²) in [5, 5.41) is 3.70. The van der Waals surface area contributed by atoms with E-state index in [1.54, 1.807) is 24.3 Å². The van der Waals surface area contributed by atoms with E-state index in [-0.39, 0.29) is 17.1 Å². The summed E-state index contributed by atoms with van der Waals surface area (Å²) in [6.07, 6.45) is 0.195. The van der Waals surface area contributed by atoms with E-state index in [0.29, 0.717) is 16.8 Å². The number of aromatic amines is 1. The number of rotatable bonds is 4. The summed E-state index contributed by atoms with van der Waals surface area (Å²) in [6, 6.07) is 15.5. The number of hydrogen-bond acceptors (Lipinski definition) is 5. The molecule has 0 radical (unpaired) electrons. The number of hydrogen-bond donors (Lipinski definition) is 2. The molecule has 38 heavy (non-hydrogen) atoms. The average molecular weight is 536 g/mol. The molecule has 2 atom stereocenters. The van der Waals surface area contributed by atoms with Crippen molar-refractivity contribution in [1.82, 2.24) is 9.88 Å². The van der Waals surface area contributed by atoms with Crippen molar-refractivity contribution in [3.8, 4) is 0 Å². The van der Waals surface area contributed by atoms with Crippen molar-refractivity contribution in [3.05, 3.63) is 100.0 Å². The lowest BCUT2D eigenvalue weighted by Crippen LogP contribution is -2.53. The molecular weight excluding hydrogens is 513 g/mol. The molecule has 3 aromatic carbocycles. The molecular formula is C28H23ClFN3O5. The fourth-order valence-corrected chi connectivity index (χ4v) is 5.16. The number of benzene rings is 3. The van der Waals surface area contributed by atoms with Crippen LogP contribution in [0.3, 0.4) is 0 Å². The third-order valence-electron chi connectivity index (χ3n) is 6.60. The number of carbonyl (C=O) groups excluding carboxylic acids is 3. The normalized spacial score (nSPS) is 16.6. The summed E-state index contributed by atoms with van der Waals surface area (Å²) >= 11 is 5.99. The number of anilines is 1. The van der Waals surface area contributed by atoms with Crippen LogP contribution in [0.5, 0.6) is 0 Å². The minimum Gasteiger partial charge on any atom is -0.467 e. The van der Waals surface area contributed by atoms with Gasteiger partial charge in [-0.3, -0.25) is 4.90 Å².